The minimum atomic E-state index is -0.607. The maximum absolute atomic E-state index is 13.3. The first-order valence-corrected chi connectivity index (χ1v) is 7.11. The number of ether oxygens (including phenoxy) is 1. The zero-order chi connectivity index (χ0) is 14.7. The van der Waals surface area contributed by atoms with Gasteiger partial charge in [0.15, 0.2) is 0 Å². The number of rotatable bonds is 4. The minimum absolute atomic E-state index is 0.250. The standard InChI is InChI=1S/C16H16BrFO2/c1-10-3-4-15(11(2)19)16(5-10)20-9-12-6-13(17)8-14(18)7-12/h3-8,11,19H,9H2,1-2H3/t11-/m0/s1. The molecule has 0 aliphatic carbocycles. The molecule has 0 unspecified atom stereocenters. The van der Waals surface area contributed by atoms with Crippen LogP contribution in [0.15, 0.2) is 40.9 Å². The van der Waals surface area contributed by atoms with Crippen LogP contribution in [0.1, 0.15) is 29.7 Å². The summed E-state index contributed by atoms with van der Waals surface area (Å²) in [6.07, 6.45) is -0.607. The lowest BCUT2D eigenvalue weighted by molar-refractivity contribution is 0.190. The molecule has 0 aliphatic heterocycles. The molecule has 0 saturated carbocycles. The molecule has 1 atom stereocenters. The summed E-state index contributed by atoms with van der Waals surface area (Å²) in [5.41, 5.74) is 2.51. The van der Waals surface area contributed by atoms with E-state index in [4.69, 9.17) is 4.74 Å². The van der Waals surface area contributed by atoms with E-state index < -0.39 is 6.10 Å². The lowest BCUT2D eigenvalue weighted by atomic mass is 10.1. The summed E-state index contributed by atoms with van der Waals surface area (Å²) < 4.78 is 19.7. The van der Waals surface area contributed by atoms with E-state index in [0.29, 0.717) is 10.2 Å². The molecule has 2 nitrogen and oxygen atoms in total. The molecule has 0 saturated heterocycles. The molecule has 0 aromatic heterocycles. The van der Waals surface area contributed by atoms with Gasteiger partial charge < -0.3 is 9.84 Å². The van der Waals surface area contributed by atoms with Crippen molar-refractivity contribution in [3.05, 3.63) is 63.4 Å². The van der Waals surface area contributed by atoms with E-state index >= 15 is 0 Å². The van der Waals surface area contributed by atoms with Gasteiger partial charge in [0, 0.05) is 10.0 Å². The van der Waals surface area contributed by atoms with Gasteiger partial charge in [0.25, 0.3) is 0 Å². The fourth-order valence-corrected chi connectivity index (χ4v) is 2.48. The van der Waals surface area contributed by atoms with Gasteiger partial charge in [-0.05, 0) is 49.2 Å². The molecule has 1 N–H and O–H groups in total. The van der Waals surface area contributed by atoms with Gasteiger partial charge in [-0.1, -0.05) is 28.1 Å². The van der Waals surface area contributed by atoms with Crippen LogP contribution in [-0.4, -0.2) is 5.11 Å². The van der Waals surface area contributed by atoms with Gasteiger partial charge in [-0.3, -0.25) is 0 Å². The SMILES string of the molecule is Cc1ccc([C@H](C)O)c(OCc2cc(F)cc(Br)c2)c1. The molecular weight excluding hydrogens is 323 g/mol. The van der Waals surface area contributed by atoms with Gasteiger partial charge in [0.1, 0.15) is 18.2 Å². The Hall–Kier alpha value is -1.39. The largest absolute Gasteiger partial charge is 0.489 e. The average molecular weight is 339 g/mol. The molecule has 2 aromatic rings. The average Bonchev–Trinajstić information content (AvgIpc) is 2.35. The number of hydrogen-bond donors (Lipinski definition) is 1. The first-order chi connectivity index (χ1) is 9.45. The maximum Gasteiger partial charge on any atom is 0.125 e. The van der Waals surface area contributed by atoms with Crippen molar-refractivity contribution in [2.24, 2.45) is 0 Å². The van der Waals surface area contributed by atoms with Crippen LogP contribution in [0.3, 0.4) is 0 Å². The van der Waals surface area contributed by atoms with E-state index in [1.165, 1.54) is 12.1 Å². The van der Waals surface area contributed by atoms with E-state index in [0.717, 1.165) is 16.7 Å². The van der Waals surface area contributed by atoms with E-state index in [2.05, 4.69) is 15.9 Å². The fraction of sp³-hybridized carbons (Fsp3) is 0.250. The van der Waals surface area contributed by atoms with E-state index in [1.54, 1.807) is 13.0 Å². The third-order valence-electron chi connectivity index (χ3n) is 2.94. The normalized spacial score (nSPS) is 12.2. The van der Waals surface area contributed by atoms with E-state index in [-0.39, 0.29) is 12.4 Å². The zero-order valence-corrected chi connectivity index (χ0v) is 12.9. The first-order valence-electron chi connectivity index (χ1n) is 6.32. The summed E-state index contributed by atoms with van der Waals surface area (Å²) in [5.74, 6) is 0.318. The summed E-state index contributed by atoms with van der Waals surface area (Å²) in [7, 11) is 0. The second-order valence-corrected chi connectivity index (χ2v) is 5.70. The molecule has 2 rings (SSSR count). The van der Waals surface area contributed by atoms with Crippen LogP contribution in [0, 0.1) is 12.7 Å². The third kappa shape index (κ3) is 3.81. The Balaban J connectivity index is 2.20. The molecule has 0 radical (unpaired) electrons. The van der Waals surface area contributed by atoms with Crippen molar-refractivity contribution in [3.63, 3.8) is 0 Å². The molecule has 20 heavy (non-hydrogen) atoms. The van der Waals surface area contributed by atoms with Crippen LogP contribution < -0.4 is 4.74 Å². The quantitative estimate of drug-likeness (QED) is 0.887. The smallest absolute Gasteiger partial charge is 0.125 e. The molecule has 4 heteroatoms. The lowest BCUT2D eigenvalue weighted by Gasteiger charge is -2.14. The van der Waals surface area contributed by atoms with Crippen molar-refractivity contribution < 1.29 is 14.2 Å². The molecule has 2 aromatic carbocycles. The second kappa shape index (κ2) is 6.37. The van der Waals surface area contributed by atoms with Crippen molar-refractivity contribution in [2.75, 3.05) is 0 Å². The number of aliphatic hydroxyl groups excluding tert-OH is 1. The Labute approximate surface area is 126 Å². The first kappa shape index (κ1) is 15.0. The molecular formula is C16H16BrFO2. The predicted octanol–water partition coefficient (Wildman–Crippen LogP) is 4.53. The molecule has 106 valence electrons. The summed E-state index contributed by atoms with van der Waals surface area (Å²) in [4.78, 5) is 0. The molecule has 0 bridgehead atoms. The highest BCUT2D eigenvalue weighted by molar-refractivity contribution is 9.10. The summed E-state index contributed by atoms with van der Waals surface area (Å²) in [5, 5.41) is 9.73. The Morgan fingerprint density at radius 2 is 2.00 bits per heavy atom. The summed E-state index contributed by atoms with van der Waals surface area (Å²) >= 11 is 3.25. The van der Waals surface area contributed by atoms with Crippen molar-refractivity contribution in [1.29, 1.82) is 0 Å². The van der Waals surface area contributed by atoms with Gasteiger partial charge in [0.2, 0.25) is 0 Å². The van der Waals surface area contributed by atoms with Gasteiger partial charge in [-0.15, -0.1) is 0 Å². The molecule has 0 fully saturated rings. The Bertz CT molecular complexity index is 591. The van der Waals surface area contributed by atoms with Crippen molar-refractivity contribution in [2.45, 2.75) is 26.6 Å². The summed E-state index contributed by atoms with van der Waals surface area (Å²) in [6.45, 7) is 3.90. The number of hydrogen-bond acceptors (Lipinski definition) is 2. The van der Waals surface area contributed by atoms with Crippen molar-refractivity contribution in [1.82, 2.24) is 0 Å². The number of aryl methyl sites for hydroxylation is 1. The van der Waals surface area contributed by atoms with Gasteiger partial charge in [-0.25, -0.2) is 4.39 Å². The van der Waals surface area contributed by atoms with Crippen molar-refractivity contribution >= 4 is 15.9 Å². The van der Waals surface area contributed by atoms with Crippen LogP contribution in [0.5, 0.6) is 5.75 Å². The van der Waals surface area contributed by atoms with Crippen LogP contribution in [0.2, 0.25) is 0 Å². The highest BCUT2D eigenvalue weighted by Crippen LogP contribution is 2.27. The van der Waals surface area contributed by atoms with Gasteiger partial charge in [0.05, 0.1) is 6.10 Å². The van der Waals surface area contributed by atoms with Crippen molar-refractivity contribution in [3.8, 4) is 5.75 Å². The number of aliphatic hydroxyl groups is 1. The third-order valence-corrected chi connectivity index (χ3v) is 3.39. The van der Waals surface area contributed by atoms with Crippen LogP contribution in [0.25, 0.3) is 0 Å². The molecule has 0 aliphatic rings. The maximum atomic E-state index is 13.3. The highest BCUT2D eigenvalue weighted by atomic mass is 79.9. The van der Waals surface area contributed by atoms with E-state index in [1.807, 2.05) is 25.1 Å². The van der Waals surface area contributed by atoms with Crippen LogP contribution >= 0.6 is 15.9 Å². The van der Waals surface area contributed by atoms with Crippen LogP contribution in [-0.2, 0) is 6.61 Å². The Morgan fingerprint density at radius 3 is 2.65 bits per heavy atom. The molecule has 0 heterocycles. The van der Waals surface area contributed by atoms with Gasteiger partial charge in [-0.2, -0.15) is 0 Å². The fourth-order valence-electron chi connectivity index (χ4n) is 1.97. The van der Waals surface area contributed by atoms with E-state index in [9.17, 15) is 9.50 Å². The summed E-state index contributed by atoms with van der Waals surface area (Å²) in [6, 6.07) is 10.3. The monoisotopic (exact) mass is 338 g/mol. The van der Waals surface area contributed by atoms with Gasteiger partial charge >= 0.3 is 0 Å². The lowest BCUT2D eigenvalue weighted by Crippen LogP contribution is -2.02. The molecule has 0 amide bonds. The molecule has 0 spiro atoms. The predicted molar refractivity (Wildman–Crippen MR) is 80.2 cm³/mol. The zero-order valence-electron chi connectivity index (χ0n) is 11.4. The Morgan fingerprint density at radius 1 is 1.25 bits per heavy atom. The minimum Gasteiger partial charge on any atom is -0.489 e. The van der Waals surface area contributed by atoms with Crippen LogP contribution in [0.4, 0.5) is 4.39 Å². The second-order valence-electron chi connectivity index (χ2n) is 4.78. The number of benzene rings is 2. The topological polar surface area (TPSA) is 29.5 Å². The number of halogens is 2. The Kier molecular flexibility index (Phi) is 4.78. The highest BCUT2D eigenvalue weighted by Gasteiger charge is 2.10.